The minimum absolute atomic E-state index is 0.00376. The van der Waals surface area contributed by atoms with E-state index in [1.165, 1.54) is 11.0 Å². The van der Waals surface area contributed by atoms with E-state index in [0.29, 0.717) is 11.3 Å². The van der Waals surface area contributed by atoms with Gasteiger partial charge in [0.15, 0.2) is 0 Å². The Hall–Kier alpha value is -2.69. The van der Waals surface area contributed by atoms with Crippen molar-refractivity contribution in [3.8, 4) is 11.3 Å². The minimum atomic E-state index is -1.06. The van der Waals surface area contributed by atoms with Crippen LogP contribution in [0.3, 0.4) is 0 Å². The second kappa shape index (κ2) is 5.52. The first-order valence-corrected chi connectivity index (χ1v) is 6.01. The molecular weight excluding hydrogens is 256 g/mol. The summed E-state index contributed by atoms with van der Waals surface area (Å²) in [7, 11) is 3.38. The minimum Gasteiger partial charge on any atom is -0.477 e. The molecule has 0 radical (unpaired) electrons. The van der Waals surface area contributed by atoms with E-state index in [9.17, 15) is 9.59 Å². The van der Waals surface area contributed by atoms with Crippen LogP contribution >= 0.6 is 0 Å². The highest BCUT2D eigenvalue weighted by Gasteiger charge is 2.09. The first-order chi connectivity index (χ1) is 9.49. The molecule has 0 unspecified atom stereocenters. The average Bonchev–Trinajstić information content (AvgIpc) is 2.46. The summed E-state index contributed by atoms with van der Waals surface area (Å²) >= 11 is 0. The van der Waals surface area contributed by atoms with Gasteiger partial charge in [0.05, 0.1) is 5.69 Å². The predicted octanol–water partition coefficient (Wildman–Crippen LogP) is 2.15. The number of hydrogen-bond donors (Lipinski definition) is 1. The van der Waals surface area contributed by atoms with Gasteiger partial charge in [-0.05, 0) is 24.3 Å². The maximum absolute atomic E-state index is 11.8. The van der Waals surface area contributed by atoms with Crippen molar-refractivity contribution in [1.29, 1.82) is 0 Å². The van der Waals surface area contributed by atoms with Crippen LogP contribution in [0.1, 0.15) is 20.8 Å². The topological polar surface area (TPSA) is 70.5 Å². The molecule has 0 saturated heterocycles. The van der Waals surface area contributed by atoms with Gasteiger partial charge in [-0.25, -0.2) is 9.78 Å². The van der Waals surface area contributed by atoms with Gasteiger partial charge < -0.3 is 10.0 Å². The van der Waals surface area contributed by atoms with Crippen LogP contribution in [0.25, 0.3) is 11.3 Å². The molecule has 0 fully saturated rings. The highest BCUT2D eigenvalue weighted by Crippen LogP contribution is 2.18. The Morgan fingerprint density at radius 2 is 1.70 bits per heavy atom. The summed E-state index contributed by atoms with van der Waals surface area (Å²) in [5.41, 5.74) is 1.90. The first-order valence-electron chi connectivity index (χ1n) is 6.01. The molecule has 1 aromatic carbocycles. The van der Waals surface area contributed by atoms with Crippen LogP contribution < -0.4 is 0 Å². The van der Waals surface area contributed by atoms with Gasteiger partial charge >= 0.3 is 5.97 Å². The van der Waals surface area contributed by atoms with Crippen LogP contribution in [-0.4, -0.2) is 41.0 Å². The Morgan fingerprint density at radius 3 is 2.25 bits per heavy atom. The van der Waals surface area contributed by atoms with Crippen molar-refractivity contribution >= 4 is 11.9 Å². The Kier molecular flexibility index (Phi) is 3.79. The predicted molar refractivity (Wildman–Crippen MR) is 74.6 cm³/mol. The van der Waals surface area contributed by atoms with E-state index in [4.69, 9.17) is 5.11 Å². The lowest BCUT2D eigenvalue weighted by Gasteiger charge is -2.10. The monoisotopic (exact) mass is 270 g/mol. The standard InChI is InChI=1S/C15H14N2O3/c1-17(2)14(18)11-8-6-10(7-9-11)12-4-3-5-13(16-12)15(19)20/h3-9H,1-2H3,(H,19,20). The van der Waals surface area contributed by atoms with Gasteiger partial charge in [0.25, 0.3) is 5.91 Å². The van der Waals surface area contributed by atoms with Gasteiger partial charge in [0.2, 0.25) is 0 Å². The number of pyridine rings is 1. The van der Waals surface area contributed by atoms with E-state index in [0.717, 1.165) is 5.56 Å². The quantitative estimate of drug-likeness (QED) is 0.927. The van der Waals surface area contributed by atoms with E-state index in [2.05, 4.69) is 4.98 Å². The van der Waals surface area contributed by atoms with Crippen LogP contribution in [0.2, 0.25) is 0 Å². The Labute approximate surface area is 116 Å². The molecule has 5 nitrogen and oxygen atoms in total. The van der Waals surface area contributed by atoms with Crippen molar-refractivity contribution in [1.82, 2.24) is 9.88 Å². The molecule has 0 bridgehead atoms. The van der Waals surface area contributed by atoms with Gasteiger partial charge in [0.1, 0.15) is 5.69 Å². The summed E-state index contributed by atoms with van der Waals surface area (Å²) in [6, 6.07) is 11.7. The molecule has 1 amide bonds. The van der Waals surface area contributed by atoms with Crippen molar-refractivity contribution < 1.29 is 14.7 Å². The molecule has 1 aromatic heterocycles. The van der Waals surface area contributed by atoms with E-state index in [-0.39, 0.29) is 11.6 Å². The Morgan fingerprint density at radius 1 is 1.05 bits per heavy atom. The number of carbonyl (C=O) groups is 2. The molecule has 0 atom stereocenters. The van der Waals surface area contributed by atoms with Crippen LogP contribution in [-0.2, 0) is 0 Å². The number of carboxylic acids is 1. The lowest BCUT2D eigenvalue weighted by atomic mass is 10.1. The van der Waals surface area contributed by atoms with Crippen LogP contribution in [0.15, 0.2) is 42.5 Å². The van der Waals surface area contributed by atoms with Gasteiger partial charge in [-0.3, -0.25) is 4.79 Å². The highest BCUT2D eigenvalue weighted by atomic mass is 16.4. The number of hydrogen-bond acceptors (Lipinski definition) is 3. The zero-order valence-electron chi connectivity index (χ0n) is 11.2. The number of nitrogens with zero attached hydrogens (tertiary/aromatic N) is 2. The average molecular weight is 270 g/mol. The second-order valence-electron chi connectivity index (χ2n) is 4.49. The van der Waals surface area contributed by atoms with E-state index in [1.54, 1.807) is 50.5 Å². The number of carboxylic acid groups (broad SMARTS) is 1. The summed E-state index contributed by atoms with van der Waals surface area (Å²) in [5.74, 6) is -1.14. The van der Waals surface area contributed by atoms with Crippen LogP contribution in [0.4, 0.5) is 0 Å². The van der Waals surface area contributed by atoms with Crippen LogP contribution in [0, 0.1) is 0 Å². The summed E-state index contributed by atoms with van der Waals surface area (Å²) < 4.78 is 0. The van der Waals surface area contributed by atoms with Crippen molar-refractivity contribution in [3.05, 3.63) is 53.7 Å². The molecule has 0 saturated carbocycles. The van der Waals surface area contributed by atoms with Gasteiger partial charge in [-0.15, -0.1) is 0 Å². The molecule has 1 heterocycles. The second-order valence-corrected chi connectivity index (χ2v) is 4.49. The molecular formula is C15H14N2O3. The fraction of sp³-hybridized carbons (Fsp3) is 0.133. The number of benzene rings is 1. The largest absolute Gasteiger partial charge is 0.477 e. The number of aromatic carboxylic acids is 1. The van der Waals surface area contributed by atoms with Gasteiger partial charge in [-0.1, -0.05) is 18.2 Å². The van der Waals surface area contributed by atoms with Crippen molar-refractivity contribution in [2.24, 2.45) is 0 Å². The van der Waals surface area contributed by atoms with Gasteiger partial charge in [0, 0.05) is 25.2 Å². The molecule has 2 rings (SSSR count). The first kappa shape index (κ1) is 13.7. The molecule has 5 heteroatoms. The van der Waals surface area contributed by atoms with E-state index in [1.807, 2.05) is 0 Å². The third-order valence-corrected chi connectivity index (χ3v) is 2.80. The summed E-state index contributed by atoms with van der Waals surface area (Å²) in [6.45, 7) is 0. The SMILES string of the molecule is CN(C)C(=O)c1ccc(-c2cccc(C(=O)O)n2)cc1. The molecule has 0 spiro atoms. The third-order valence-electron chi connectivity index (χ3n) is 2.80. The number of carbonyl (C=O) groups excluding carboxylic acids is 1. The molecule has 2 aromatic rings. The molecule has 102 valence electrons. The van der Waals surface area contributed by atoms with E-state index < -0.39 is 5.97 Å². The summed E-state index contributed by atoms with van der Waals surface area (Å²) in [5, 5.41) is 8.92. The highest BCUT2D eigenvalue weighted by molar-refractivity contribution is 5.94. The van der Waals surface area contributed by atoms with Crippen molar-refractivity contribution in [3.63, 3.8) is 0 Å². The maximum atomic E-state index is 11.8. The zero-order chi connectivity index (χ0) is 14.7. The molecule has 0 aliphatic rings. The lowest BCUT2D eigenvalue weighted by molar-refractivity contribution is 0.0690. The van der Waals surface area contributed by atoms with Crippen molar-refractivity contribution in [2.45, 2.75) is 0 Å². The molecule has 0 aliphatic heterocycles. The molecule has 1 N–H and O–H groups in total. The number of amides is 1. The van der Waals surface area contributed by atoms with Crippen molar-refractivity contribution in [2.75, 3.05) is 14.1 Å². The molecule has 0 aliphatic carbocycles. The Bertz CT molecular complexity index is 648. The zero-order valence-corrected chi connectivity index (χ0v) is 11.2. The Balaban J connectivity index is 2.33. The van der Waals surface area contributed by atoms with E-state index >= 15 is 0 Å². The summed E-state index contributed by atoms with van der Waals surface area (Å²) in [4.78, 5) is 28.2. The maximum Gasteiger partial charge on any atom is 0.354 e. The lowest BCUT2D eigenvalue weighted by Crippen LogP contribution is -2.21. The third kappa shape index (κ3) is 2.83. The number of rotatable bonds is 3. The van der Waals surface area contributed by atoms with Gasteiger partial charge in [-0.2, -0.15) is 0 Å². The fourth-order valence-corrected chi connectivity index (χ4v) is 1.76. The molecule has 20 heavy (non-hydrogen) atoms. The fourth-order valence-electron chi connectivity index (χ4n) is 1.76. The summed E-state index contributed by atoms with van der Waals surface area (Å²) in [6.07, 6.45) is 0. The normalized spacial score (nSPS) is 10.1. The van der Waals surface area contributed by atoms with Crippen LogP contribution in [0.5, 0.6) is 0 Å². The number of aromatic nitrogens is 1. The smallest absolute Gasteiger partial charge is 0.354 e.